The normalized spacial score (nSPS) is 20.0. The Kier molecular flexibility index (Phi) is 44.4. The minimum absolute atomic E-state index is 0.0889. The summed E-state index contributed by atoms with van der Waals surface area (Å²) >= 11 is 0. The Bertz CT molecular complexity index is 3640. The van der Waals surface area contributed by atoms with Gasteiger partial charge >= 0.3 is 36.4 Å². The molecule has 1 aromatic rings. The zero-order valence-corrected chi connectivity index (χ0v) is 75.4. The fourth-order valence-electron chi connectivity index (χ4n) is 11.5. The van der Waals surface area contributed by atoms with E-state index in [0.29, 0.717) is 12.0 Å². The van der Waals surface area contributed by atoms with Crippen molar-refractivity contribution in [3.8, 4) is 0 Å². The Morgan fingerprint density at radius 2 is 0.852 bits per heavy atom. The van der Waals surface area contributed by atoms with Gasteiger partial charge in [0.25, 0.3) is 0 Å². The molecule has 1 saturated heterocycles. The number of rotatable bonds is 33. The number of ether oxygens (including phenoxy) is 6. The van der Waals surface area contributed by atoms with Crippen LogP contribution in [0.4, 0.5) is 24.0 Å². The molecule has 0 aromatic heterocycles. The molecule has 15 amide bonds. The summed E-state index contributed by atoms with van der Waals surface area (Å²) in [6.07, 6.45) is -10.7. The number of benzene rings is 1. The molecule has 1 aliphatic rings. The summed E-state index contributed by atoms with van der Waals surface area (Å²) in [4.78, 5) is 226. The Hall–Kier alpha value is -10.4. The average molecular weight is 1730 g/mol. The van der Waals surface area contributed by atoms with E-state index in [1.54, 1.807) is 162 Å². The molecule has 40 heteroatoms. The van der Waals surface area contributed by atoms with Crippen LogP contribution in [0, 0.1) is 11.8 Å². The van der Waals surface area contributed by atoms with Crippen molar-refractivity contribution in [2.45, 2.75) is 330 Å². The van der Waals surface area contributed by atoms with E-state index in [9.17, 15) is 72.5 Å². The summed E-state index contributed by atoms with van der Waals surface area (Å²) < 4.78 is 32.7. The third kappa shape index (κ3) is 46.0. The van der Waals surface area contributed by atoms with Gasteiger partial charge in [0.1, 0.15) is 81.9 Å². The fourth-order valence-corrected chi connectivity index (χ4v) is 11.5. The lowest BCUT2D eigenvalue weighted by Gasteiger charge is -2.30. The number of aliphatic hydroxyl groups excluding tert-OH is 2. The molecule has 0 spiro atoms. The standard InChI is InChI=1S/C82H140N16O24/c1-24-47(4)71(111)117-82(22,23)44-59(101)91-53(32-38-85-73(113)119-78(10,11)12)65(105)98-61(49(6)100)70(110)94-54(33-39-86-74(114)120-79(13,14)15)63(103)90-51-30-36-83-69(109)60(48(5)99)97-66(106)56(35-41-88-76(116)122-81(19,20)21)92-64(104)55(34-40-87-75(115)121-80(16,17)18)93-67(107)57(42-46(2)3)95-68(108)58(43-50-28-26-25-27-29-50)96-62(102)52(89-45-51)31-37-84-72(112)118-77(7,8)9/h25-29,46-49,51-58,60-61,89,99-100H,24,30-45H2,1-23H3,(H,83,109)(H,84,112)(H,85,113)(H,86,114)(H,87,115)(H,88,116)(H,90,103)(H,91,101)(H,92,104)(H,93,107)(H,94,110)(H,95,108)(H,96,102)(H,97,106)(H,98,105)/t47?,48?,49?,51-,52-,53-,54-,55-,56-,57-,58+,60-,61-/m0/s1. The smallest absolute Gasteiger partial charge is 0.407 e. The first-order valence-electron chi connectivity index (χ1n) is 41.5. The molecular weight excluding hydrogens is 1590 g/mol. The maximum absolute atomic E-state index is 15.3. The molecule has 0 saturated carbocycles. The van der Waals surface area contributed by atoms with Crippen molar-refractivity contribution >= 4 is 95.5 Å². The van der Waals surface area contributed by atoms with Crippen LogP contribution in [-0.2, 0) is 87.6 Å². The van der Waals surface area contributed by atoms with Crippen LogP contribution in [0.3, 0.4) is 0 Å². The van der Waals surface area contributed by atoms with Gasteiger partial charge in [0.05, 0.1) is 30.6 Å². The quantitative estimate of drug-likeness (QED) is 0.0354. The molecule has 13 atom stereocenters. The van der Waals surface area contributed by atoms with Gasteiger partial charge in [-0.1, -0.05) is 58.0 Å². The van der Waals surface area contributed by atoms with E-state index in [1.807, 2.05) is 0 Å². The van der Waals surface area contributed by atoms with Crippen molar-refractivity contribution in [3.05, 3.63) is 35.9 Å². The van der Waals surface area contributed by atoms with Crippen LogP contribution in [0.5, 0.6) is 0 Å². The van der Waals surface area contributed by atoms with E-state index in [0.717, 1.165) is 13.8 Å². The molecule has 0 radical (unpaired) electrons. The topological polar surface area (TPSA) is 561 Å². The Labute approximate surface area is 716 Å². The number of carbonyl (C=O) groups excluding carboxylic acids is 16. The second-order valence-corrected chi connectivity index (χ2v) is 36.2. The van der Waals surface area contributed by atoms with E-state index < -0.39 is 247 Å². The van der Waals surface area contributed by atoms with E-state index in [1.165, 1.54) is 13.8 Å². The Morgan fingerprint density at radius 1 is 0.459 bits per heavy atom. The number of nitrogens with one attached hydrogen (secondary N) is 16. The van der Waals surface area contributed by atoms with E-state index in [2.05, 4.69) is 85.1 Å². The van der Waals surface area contributed by atoms with Crippen molar-refractivity contribution in [1.82, 2.24) is 85.1 Å². The SMILES string of the molecule is CCC(C)C(=O)OC(C)(C)CC(=O)N[C@@H](CCNC(=O)OC(C)(C)C)C(=O)N[C@H](C(=O)N[C@@H](CCNC(=O)OC(C)(C)C)C(=O)N[C@H]1CCNC(=O)[C@H](C(C)O)NC(=O)[C@H](CCNC(=O)OC(C)(C)C)NC(=O)[C@H](CCNC(=O)OC(C)(C)C)NC(=O)[C@H](CC(C)C)NC(=O)[C@@H](Cc2ccccc2)NC(=O)[C@H](CCNC(=O)OC(C)(C)C)NC1)C(C)O. The highest BCUT2D eigenvalue weighted by atomic mass is 16.6. The highest BCUT2D eigenvalue weighted by molar-refractivity contribution is 5.98. The lowest BCUT2D eigenvalue weighted by atomic mass is 10.00. The van der Waals surface area contributed by atoms with Crippen LogP contribution in [0.1, 0.15) is 223 Å². The first kappa shape index (κ1) is 108. The zero-order valence-electron chi connectivity index (χ0n) is 75.4. The van der Waals surface area contributed by atoms with Crippen molar-refractivity contribution in [2.24, 2.45) is 11.8 Å². The molecule has 1 aliphatic heterocycles. The van der Waals surface area contributed by atoms with Crippen molar-refractivity contribution in [2.75, 3.05) is 45.8 Å². The number of amides is 15. The van der Waals surface area contributed by atoms with Crippen LogP contribution in [0.25, 0.3) is 0 Å². The highest BCUT2D eigenvalue weighted by Crippen LogP contribution is 2.20. The van der Waals surface area contributed by atoms with Gasteiger partial charge in [0, 0.05) is 58.3 Å². The maximum Gasteiger partial charge on any atom is 0.407 e. The molecule has 1 aromatic carbocycles. The lowest BCUT2D eigenvalue weighted by Crippen LogP contribution is -2.61. The number of carbonyl (C=O) groups is 16. The average Bonchev–Trinajstić information content (AvgIpc) is 0.939. The second-order valence-electron chi connectivity index (χ2n) is 36.2. The van der Waals surface area contributed by atoms with Crippen molar-refractivity contribution < 1.29 is 115 Å². The van der Waals surface area contributed by atoms with Crippen LogP contribution in [0.15, 0.2) is 30.3 Å². The summed E-state index contributed by atoms with van der Waals surface area (Å²) in [5.41, 5.74) is -5.79. The summed E-state index contributed by atoms with van der Waals surface area (Å²) in [6, 6.07) is -7.88. The molecule has 40 nitrogen and oxygen atoms in total. The van der Waals surface area contributed by atoms with Crippen LogP contribution >= 0.6 is 0 Å². The van der Waals surface area contributed by atoms with E-state index in [-0.39, 0.29) is 70.6 Å². The monoisotopic (exact) mass is 1730 g/mol. The van der Waals surface area contributed by atoms with E-state index in [4.69, 9.17) is 28.4 Å². The molecule has 1 heterocycles. The predicted molar refractivity (Wildman–Crippen MR) is 448 cm³/mol. The molecule has 2 rings (SSSR count). The van der Waals surface area contributed by atoms with Gasteiger partial charge in [-0.15, -0.1) is 0 Å². The summed E-state index contributed by atoms with van der Waals surface area (Å²) in [7, 11) is 0. The molecular formula is C82H140N16O24. The first-order valence-corrected chi connectivity index (χ1v) is 41.5. The Balaban J connectivity index is 3.09. The Morgan fingerprint density at radius 3 is 1.28 bits per heavy atom. The summed E-state index contributed by atoms with van der Waals surface area (Å²) in [5, 5.41) is 64.6. The van der Waals surface area contributed by atoms with Gasteiger partial charge in [0.15, 0.2) is 0 Å². The second kappa shape index (κ2) is 50.3. The predicted octanol–water partition coefficient (Wildman–Crippen LogP) is 2.21. The van der Waals surface area contributed by atoms with E-state index >= 15 is 14.4 Å². The maximum atomic E-state index is 15.3. The number of aliphatic hydroxyl groups is 2. The fraction of sp³-hybridized carbons (Fsp3) is 0.732. The minimum Gasteiger partial charge on any atom is -0.459 e. The van der Waals surface area contributed by atoms with Gasteiger partial charge in [0.2, 0.25) is 59.1 Å². The van der Waals surface area contributed by atoms with Crippen LogP contribution < -0.4 is 85.1 Å². The zero-order chi connectivity index (χ0) is 93.0. The van der Waals surface area contributed by atoms with Gasteiger partial charge in [-0.3, -0.25) is 52.7 Å². The molecule has 18 N–H and O–H groups in total. The highest BCUT2D eigenvalue weighted by Gasteiger charge is 2.39. The molecule has 0 aliphatic carbocycles. The molecule has 0 bridgehead atoms. The van der Waals surface area contributed by atoms with Crippen molar-refractivity contribution in [3.63, 3.8) is 0 Å². The van der Waals surface area contributed by atoms with Gasteiger partial charge in [-0.2, -0.15) is 0 Å². The van der Waals surface area contributed by atoms with Gasteiger partial charge < -0.3 is 124 Å². The number of alkyl carbamates (subject to hydrolysis) is 5. The third-order valence-electron chi connectivity index (χ3n) is 17.5. The van der Waals surface area contributed by atoms with Crippen LogP contribution in [-0.4, -0.2) is 258 Å². The van der Waals surface area contributed by atoms with Crippen molar-refractivity contribution in [1.29, 1.82) is 0 Å². The third-order valence-corrected chi connectivity index (χ3v) is 17.5. The molecule has 122 heavy (non-hydrogen) atoms. The summed E-state index contributed by atoms with van der Waals surface area (Å²) in [5.74, 6) is -11.6. The number of hydrogen-bond acceptors (Lipinski definition) is 25. The van der Waals surface area contributed by atoms with Crippen LogP contribution in [0.2, 0.25) is 0 Å². The first-order chi connectivity index (χ1) is 56.2. The number of hydrogen-bond donors (Lipinski definition) is 18. The molecule has 3 unspecified atom stereocenters. The largest absolute Gasteiger partial charge is 0.459 e. The molecule has 1 fully saturated rings. The van der Waals surface area contributed by atoms with Gasteiger partial charge in [-0.05, 0) is 194 Å². The number of esters is 1. The lowest BCUT2D eigenvalue weighted by molar-refractivity contribution is -0.163. The van der Waals surface area contributed by atoms with Gasteiger partial charge in [-0.25, -0.2) is 24.0 Å². The summed E-state index contributed by atoms with van der Waals surface area (Å²) in [6.45, 7) is 33.6. The minimum atomic E-state index is -1.96. The molecule has 692 valence electrons.